The molecule has 0 spiro atoms. The quantitative estimate of drug-likeness (QED) is 0.837. The number of nitrogens with two attached hydrogens (primary N) is 1. The Balaban J connectivity index is 2.28. The second-order valence-corrected chi connectivity index (χ2v) is 3.80. The molecule has 18 heavy (non-hydrogen) atoms. The first-order valence-corrected chi connectivity index (χ1v) is 5.37. The Morgan fingerprint density at radius 3 is 2.78 bits per heavy atom. The summed E-state index contributed by atoms with van der Waals surface area (Å²) >= 11 is 5.74. The second kappa shape index (κ2) is 5.05. The van der Waals surface area contributed by atoms with Crippen LogP contribution < -0.4 is 15.8 Å². The van der Waals surface area contributed by atoms with Gasteiger partial charge in [0, 0.05) is 17.8 Å². The van der Waals surface area contributed by atoms with E-state index in [0.717, 1.165) is 0 Å². The number of aromatic nitrogens is 2. The largest absolute Gasteiger partial charge is 0.494 e. The van der Waals surface area contributed by atoms with Crippen molar-refractivity contribution in [2.45, 2.75) is 0 Å². The van der Waals surface area contributed by atoms with E-state index >= 15 is 0 Å². The first kappa shape index (κ1) is 12.4. The fourth-order valence-electron chi connectivity index (χ4n) is 1.38. The van der Waals surface area contributed by atoms with Gasteiger partial charge in [-0.3, -0.25) is 0 Å². The highest BCUT2D eigenvalue weighted by atomic mass is 35.5. The molecule has 0 atom stereocenters. The average Bonchev–Trinajstić information content (AvgIpc) is 2.30. The number of halogens is 2. The lowest BCUT2D eigenvalue weighted by Crippen LogP contribution is -2.00. The van der Waals surface area contributed by atoms with E-state index in [2.05, 4.69) is 15.3 Å². The van der Waals surface area contributed by atoms with E-state index in [9.17, 15) is 4.39 Å². The van der Waals surface area contributed by atoms with Gasteiger partial charge in [-0.25, -0.2) is 9.37 Å². The van der Waals surface area contributed by atoms with Crippen LogP contribution in [0.4, 0.5) is 21.8 Å². The van der Waals surface area contributed by atoms with Gasteiger partial charge in [-0.1, -0.05) is 11.6 Å². The van der Waals surface area contributed by atoms with Crippen LogP contribution in [0.25, 0.3) is 0 Å². The van der Waals surface area contributed by atoms with Crippen LogP contribution in [-0.4, -0.2) is 17.1 Å². The molecule has 0 unspecified atom stereocenters. The lowest BCUT2D eigenvalue weighted by atomic mass is 10.3. The fourth-order valence-corrected chi connectivity index (χ4v) is 1.57. The summed E-state index contributed by atoms with van der Waals surface area (Å²) in [5.41, 5.74) is 6.06. The third-order valence-electron chi connectivity index (χ3n) is 2.14. The summed E-state index contributed by atoms with van der Waals surface area (Å²) in [7, 11) is 1.39. The van der Waals surface area contributed by atoms with Gasteiger partial charge in [0.1, 0.15) is 11.0 Å². The fraction of sp³-hybridized carbons (Fsp3) is 0.0909. The van der Waals surface area contributed by atoms with Gasteiger partial charge >= 0.3 is 0 Å². The lowest BCUT2D eigenvalue weighted by Gasteiger charge is -2.08. The van der Waals surface area contributed by atoms with E-state index in [1.54, 1.807) is 6.07 Å². The molecule has 0 fully saturated rings. The van der Waals surface area contributed by atoms with Crippen molar-refractivity contribution in [1.29, 1.82) is 0 Å². The smallest absolute Gasteiger partial charge is 0.223 e. The number of methoxy groups -OCH3 is 1. The zero-order chi connectivity index (χ0) is 13.1. The highest BCUT2D eigenvalue weighted by molar-refractivity contribution is 6.29. The molecule has 7 heteroatoms. The average molecular weight is 269 g/mol. The highest BCUT2D eigenvalue weighted by Crippen LogP contribution is 2.24. The number of hydrogen-bond donors (Lipinski definition) is 2. The van der Waals surface area contributed by atoms with Crippen LogP contribution in [0.2, 0.25) is 5.15 Å². The van der Waals surface area contributed by atoms with E-state index in [1.165, 1.54) is 25.3 Å². The molecule has 0 radical (unpaired) electrons. The third kappa shape index (κ3) is 2.78. The van der Waals surface area contributed by atoms with Gasteiger partial charge in [-0.15, -0.1) is 0 Å². The zero-order valence-electron chi connectivity index (χ0n) is 9.45. The Labute approximate surface area is 108 Å². The predicted octanol–water partition coefficient (Wildman–Crippen LogP) is 2.60. The van der Waals surface area contributed by atoms with Crippen molar-refractivity contribution in [2.24, 2.45) is 0 Å². The number of anilines is 3. The summed E-state index contributed by atoms with van der Waals surface area (Å²) in [4.78, 5) is 7.67. The van der Waals surface area contributed by atoms with E-state index in [4.69, 9.17) is 22.1 Å². The number of nitrogen functional groups attached to an aromatic ring is 1. The van der Waals surface area contributed by atoms with Gasteiger partial charge in [0.25, 0.3) is 0 Å². The van der Waals surface area contributed by atoms with Gasteiger partial charge in [0.15, 0.2) is 11.6 Å². The Morgan fingerprint density at radius 2 is 2.11 bits per heavy atom. The molecule has 0 aliphatic heterocycles. The molecule has 3 N–H and O–H groups in total. The standard InChI is InChI=1S/C11H10ClFN4O/c1-18-8-4-6(2-3-7(8)13)15-10-5-9(12)16-11(14)17-10/h2-5H,1H3,(H3,14,15,16,17). The number of hydrogen-bond acceptors (Lipinski definition) is 5. The van der Waals surface area contributed by atoms with Crippen molar-refractivity contribution >= 4 is 29.1 Å². The third-order valence-corrected chi connectivity index (χ3v) is 2.33. The second-order valence-electron chi connectivity index (χ2n) is 3.41. The van der Waals surface area contributed by atoms with Crippen LogP contribution in [-0.2, 0) is 0 Å². The van der Waals surface area contributed by atoms with E-state index in [0.29, 0.717) is 11.5 Å². The Hall–Kier alpha value is -2.08. The van der Waals surface area contributed by atoms with Crippen LogP contribution in [0.1, 0.15) is 0 Å². The van der Waals surface area contributed by atoms with Gasteiger partial charge in [-0.2, -0.15) is 4.98 Å². The van der Waals surface area contributed by atoms with Crippen LogP contribution in [0.3, 0.4) is 0 Å². The summed E-state index contributed by atoms with van der Waals surface area (Å²) in [5, 5.41) is 3.15. The first-order valence-electron chi connectivity index (χ1n) is 4.99. The van der Waals surface area contributed by atoms with Crippen molar-refractivity contribution in [1.82, 2.24) is 9.97 Å². The summed E-state index contributed by atoms with van der Waals surface area (Å²) in [6.45, 7) is 0. The maximum Gasteiger partial charge on any atom is 0.223 e. The summed E-state index contributed by atoms with van der Waals surface area (Å²) in [5.74, 6) is 0.164. The summed E-state index contributed by atoms with van der Waals surface area (Å²) in [6, 6.07) is 5.84. The molecule has 0 saturated heterocycles. The van der Waals surface area contributed by atoms with Crippen molar-refractivity contribution in [2.75, 3.05) is 18.2 Å². The molecule has 1 aromatic carbocycles. The molecular formula is C11H10ClFN4O. The van der Waals surface area contributed by atoms with Gasteiger partial charge in [0.2, 0.25) is 5.95 Å². The summed E-state index contributed by atoms with van der Waals surface area (Å²) in [6.07, 6.45) is 0. The molecule has 0 amide bonds. The van der Waals surface area contributed by atoms with Crippen molar-refractivity contribution < 1.29 is 9.13 Å². The maximum absolute atomic E-state index is 13.2. The molecule has 5 nitrogen and oxygen atoms in total. The predicted molar refractivity (Wildman–Crippen MR) is 67.7 cm³/mol. The van der Waals surface area contributed by atoms with Crippen LogP contribution in [0.15, 0.2) is 24.3 Å². The topological polar surface area (TPSA) is 73.1 Å². The van der Waals surface area contributed by atoms with Crippen molar-refractivity contribution in [3.8, 4) is 5.75 Å². The van der Waals surface area contributed by atoms with E-state index in [1.807, 2.05) is 0 Å². The Kier molecular flexibility index (Phi) is 3.47. The normalized spacial score (nSPS) is 10.2. The Morgan fingerprint density at radius 1 is 1.33 bits per heavy atom. The molecule has 1 aromatic heterocycles. The molecule has 0 aliphatic carbocycles. The molecule has 0 saturated carbocycles. The SMILES string of the molecule is COc1cc(Nc2cc(Cl)nc(N)n2)ccc1F. The monoisotopic (exact) mass is 268 g/mol. The Bertz CT molecular complexity index is 559. The molecule has 1 heterocycles. The number of nitrogens with zero attached hydrogens (tertiary/aromatic N) is 2. The van der Waals surface area contributed by atoms with E-state index < -0.39 is 5.82 Å². The number of benzene rings is 1. The van der Waals surface area contributed by atoms with Gasteiger partial charge in [-0.05, 0) is 12.1 Å². The van der Waals surface area contributed by atoms with Crippen LogP contribution in [0, 0.1) is 5.82 Å². The molecule has 0 bridgehead atoms. The van der Waals surface area contributed by atoms with Crippen LogP contribution in [0.5, 0.6) is 5.75 Å². The molecule has 2 rings (SSSR count). The van der Waals surface area contributed by atoms with Crippen molar-refractivity contribution in [3.05, 3.63) is 35.2 Å². The maximum atomic E-state index is 13.2. The minimum absolute atomic E-state index is 0.0547. The first-order chi connectivity index (χ1) is 8.58. The van der Waals surface area contributed by atoms with Gasteiger partial charge < -0.3 is 15.8 Å². The molecular weight excluding hydrogens is 259 g/mol. The van der Waals surface area contributed by atoms with E-state index in [-0.39, 0.29) is 16.9 Å². The number of nitrogens with one attached hydrogen (secondary N) is 1. The summed E-state index contributed by atoms with van der Waals surface area (Å²) < 4.78 is 18.1. The van der Waals surface area contributed by atoms with Gasteiger partial charge in [0.05, 0.1) is 7.11 Å². The minimum Gasteiger partial charge on any atom is -0.494 e. The molecule has 0 aliphatic rings. The highest BCUT2D eigenvalue weighted by Gasteiger charge is 2.05. The lowest BCUT2D eigenvalue weighted by molar-refractivity contribution is 0.387. The minimum atomic E-state index is -0.441. The molecule has 94 valence electrons. The van der Waals surface area contributed by atoms with Crippen molar-refractivity contribution in [3.63, 3.8) is 0 Å². The molecule has 2 aromatic rings. The van der Waals surface area contributed by atoms with Crippen LogP contribution >= 0.6 is 11.6 Å². The number of rotatable bonds is 3. The number of ether oxygens (including phenoxy) is 1. The zero-order valence-corrected chi connectivity index (χ0v) is 10.2.